The van der Waals surface area contributed by atoms with Crippen LogP contribution in [0.5, 0.6) is 11.5 Å². The number of benzene rings is 1. The van der Waals surface area contributed by atoms with Crippen LogP contribution in [0.4, 0.5) is 0 Å². The van der Waals surface area contributed by atoms with Crippen molar-refractivity contribution in [1.82, 2.24) is 5.32 Å². The average Bonchev–Trinajstić information content (AvgIpc) is 2.38. The van der Waals surface area contributed by atoms with Gasteiger partial charge in [-0.3, -0.25) is 0 Å². The van der Waals surface area contributed by atoms with Crippen LogP contribution in [0.25, 0.3) is 0 Å². The fourth-order valence-corrected chi connectivity index (χ4v) is 2.33. The fraction of sp³-hybridized carbons (Fsp3) is 0.538. The summed E-state index contributed by atoms with van der Waals surface area (Å²) in [6.07, 6.45) is 2.18. The van der Waals surface area contributed by atoms with Crippen LogP contribution in [0.15, 0.2) is 18.2 Å². The number of hydrogen-bond donors (Lipinski definition) is 2. The van der Waals surface area contributed by atoms with E-state index in [0.29, 0.717) is 0 Å². The maximum absolute atomic E-state index is 6.16. The van der Waals surface area contributed by atoms with Crippen LogP contribution in [-0.2, 0) is 0 Å². The van der Waals surface area contributed by atoms with Crippen molar-refractivity contribution >= 4 is 0 Å². The molecule has 1 heterocycles. The molecule has 1 aliphatic rings. The van der Waals surface area contributed by atoms with Crippen LogP contribution in [-0.4, -0.2) is 26.8 Å². The van der Waals surface area contributed by atoms with Crippen LogP contribution in [0.3, 0.4) is 0 Å². The van der Waals surface area contributed by atoms with Gasteiger partial charge in [0, 0.05) is 17.7 Å². The Morgan fingerprint density at radius 1 is 1.29 bits per heavy atom. The summed E-state index contributed by atoms with van der Waals surface area (Å²) in [6.45, 7) is 1.01. The van der Waals surface area contributed by atoms with Crippen molar-refractivity contribution in [3.8, 4) is 11.5 Å². The van der Waals surface area contributed by atoms with Gasteiger partial charge >= 0.3 is 0 Å². The molecular formula is C13H20N2O2. The molecule has 2 unspecified atom stereocenters. The predicted molar refractivity (Wildman–Crippen MR) is 67.5 cm³/mol. The lowest BCUT2D eigenvalue weighted by atomic mass is 9.92. The van der Waals surface area contributed by atoms with Gasteiger partial charge in [0.15, 0.2) is 0 Å². The van der Waals surface area contributed by atoms with Crippen LogP contribution in [0.1, 0.15) is 24.4 Å². The van der Waals surface area contributed by atoms with E-state index in [-0.39, 0.29) is 12.1 Å². The van der Waals surface area contributed by atoms with E-state index in [1.54, 1.807) is 14.2 Å². The van der Waals surface area contributed by atoms with Gasteiger partial charge in [-0.15, -0.1) is 0 Å². The van der Waals surface area contributed by atoms with E-state index in [9.17, 15) is 0 Å². The van der Waals surface area contributed by atoms with E-state index in [1.807, 2.05) is 18.2 Å². The number of ether oxygens (including phenoxy) is 2. The molecule has 0 radical (unpaired) electrons. The first-order valence-electron chi connectivity index (χ1n) is 5.97. The lowest BCUT2D eigenvalue weighted by Crippen LogP contribution is -2.42. The third-order valence-corrected chi connectivity index (χ3v) is 3.28. The highest BCUT2D eigenvalue weighted by atomic mass is 16.5. The van der Waals surface area contributed by atoms with Crippen LogP contribution >= 0.6 is 0 Å². The summed E-state index contributed by atoms with van der Waals surface area (Å²) < 4.78 is 10.6. The van der Waals surface area contributed by atoms with Crippen molar-refractivity contribution in [2.24, 2.45) is 5.73 Å². The van der Waals surface area contributed by atoms with Gasteiger partial charge in [0.25, 0.3) is 0 Å². The van der Waals surface area contributed by atoms with Gasteiger partial charge in [0.2, 0.25) is 0 Å². The second-order valence-corrected chi connectivity index (χ2v) is 4.35. The van der Waals surface area contributed by atoms with E-state index >= 15 is 0 Å². The Balaban J connectivity index is 2.30. The molecule has 2 atom stereocenters. The molecule has 4 heteroatoms. The molecular weight excluding hydrogens is 216 g/mol. The van der Waals surface area contributed by atoms with E-state index in [0.717, 1.165) is 36.4 Å². The number of methoxy groups -OCH3 is 2. The normalized spacial score (nSPS) is 24.4. The Bertz CT molecular complexity index is 382. The van der Waals surface area contributed by atoms with E-state index in [1.165, 1.54) is 0 Å². The molecule has 3 N–H and O–H groups in total. The summed E-state index contributed by atoms with van der Waals surface area (Å²) in [5.74, 6) is 1.63. The Kier molecular flexibility index (Phi) is 3.86. The minimum absolute atomic E-state index is 0.144. The van der Waals surface area contributed by atoms with Gasteiger partial charge in [-0.25, -0.2) is 0 Å². The van der Waals surface area contributed by atoms with Gasteiger partial charge in [-0.2, -0.15) is 0 Å². The summed E-state index contributed by atoms with van der Waals surface area (Å²) in [6, 6.07) is 6.19. The maximum atomic E-state index is 6.16. The molecule has 1 aromatic carbocycles. The first-order chi connectivity index (χ1) is 8.26. The van der Waals surface area contributed by atoms with Crippen molar-refractivity contribution in [2.75, 3.05) is 20.8 Å². The zero-order valence-electron chi connectivity index (χ0n) is 10.4. The van der Waals surface area contributed by atoms with E-state index in [2.05, 4.69) is 5.32 Å². The first kappa shape index (κ1) is 12.2. The fourth-order valence-electron chi connectivity index (χ4n) is 2.33. The minimum Gasteiger partial charge on any atom is -0.497 e. The highest BCUT2D eigenvalue weighted by Crippen LogP contribution is 2.32. The summed E-state index contributed by atoms with van der Waals surface area (Å²) in [7, 11) is 3.33. The number of hydrogen-bond acceptors (Lipinski definition) is 4. The highest BCUT2D eigenvalue weighted by molar-refractivity contribution is 5.43. The Morgan fingerprint density at radius 2 is 2.12 bits per heavy atom. The Hall–Kier alpha value is -1.26. The standard InChI is InChI=1S/C13H20N2O2/c1-16-9-5-6-10(12(8-9)17-2)13-11(14)4-3-7-15-13/h5-6,8,11,13,15H,3-4,7,14H2,1-2H3. The molecule has 1 saturated heterocycles. The zero-order valence-corrected chi connectivity index (χ0v) is 10.4. The van der Waals surface area contributed by atoms with Crippen molar-refractivity contribution in [1.29, 1.82) is 0 Å². The molecule has 2 rings (SSSR count). The third kappa shape index (κ3) is 2.53. The molecule has 4 nitrogen and oxygen atoms in total. The zero-order chi connectivity index (χ0) is 12.3. The first-order valence-corrected chi connectivity index (χ1v) is 5.97. The maximum Gasteiger partial charge on any atom is 0.127 e. The lowest BCUT2D eigenvalue weighted by molar-refractivity contribution is 0.337. The molecule has 0 spiro atoms. The molecule has 94 valence electrons. The lowest BCUT2D eigenvalue weighted by Gasteiger charge is -2.31. The van der Waals surface area contributed by atoms with Crippen molar-refractivity contribution in [3.63, 3.8) is 0 Å². The monoisotopic (exact) mass is 236 g/mol. The predicted octanol–water partition coefficient (Wildman–Crippen LogP) is 1.46. The van der Waals surface area contributed by atoms with Gasteiger partial charge in [0.1, 0.15) is 11.5 Å². The molecule has 0 bridgehead atoms. The highest BCUT2D eigenvalue weighted by Gasteiger charge is 2.25. The molecule has 1 aromatic rings. The Morgan fingerprint density at radius 3 is 2.76 bits per heavy atom. The number of rotatable bonds is 3. The molecule has 0 aromatic heterocycles. The molecule has 0 amide bonds. The largest absolute Gasteiger partial charge is 0.497 e. The Labute approximate surface area is 102 Å². The SMILES string of the molecule is COc1ccc(C2NCCCC2N)c(OC)c1. The van der Waals surface area contributed by atoms with Crippen LogP contribution < -0.4 is 20.5 Å². The number of nitrogens with two attached hydrogens (primary N) is 1. The van der Waals surface area contributed by atoms with Crippen LogP contribution in [0.2, 0.25) is 0 Å². The van der Waals surface area contributed by atoms with Crippen LogP contribution in [0, 0.1) is 0 Å². The van der Waals surface area contributed by atoms with Gasteiger partial charge in [-0.05, 0) is 25.5 Å². The van der Waals surface area contributed by atoms with Gasteiger partial charge in [-0.1, -0.05) is 6.07 Å². The average molecular weight is 236 g/mol. The van der Waals surface area contributed by atoms with Crippen molar-refractivity contribution in [2.45, 2.75) is 24.9 Å². The van der Waals surface area contributed by atoms with E-state index in [4.69, 9.17) is 15.2 Å². The minimum atomic E-state index is 0.144. The molecule has 1 aliphatic heterocycles. The van der Waals surface area contributed by atoms with Gasteiger partial charge in [0.05, 0.1) is 20.3 Å². The smallest absolute Gasteiger partial charge is 0.127 e. The summed E-state index contributed by atoms with van der Waals surface area (Å²) in [5, 5.41) is 3.45. The summed E-state index contributed by atoms with van der Waals surface area (Å²) in [5.41, 5.74) is 7.27. The van der Waals surface area contributed by atoms with Crippen molar-refractivity contribution < 1.29 is 9.47 Å². The molecule has 0 aliphatic carbocycles. The third-order valence-electron chi connectivity index (χ3n) is 3.28. The molecule has 17 heavy (non-hydrogen) atoms. The number of nitrogens with one attached hydrogen (secondary N) is 1. The quantitative estimate of drug-likeness (QED) is 0.834. The number of piperidine rings is 1. The van der Waals surface area contributed by atoms with E-state index < -0.39 is 0 Å². The van der Waals surface area contributed by atoms with Gasteiger partial charge < -0.3 is 20.5 Å². The summed E-state index contributed by atoms with van der Waals surface area (Å²) >= 11 is 0. The summed E-state index contributed by atoms with van der Waals surface area (Å²) in [4.78, 5) is 0. The second kappa shape index (κ2) is 5.38. The molecule has 1 fully saturated rings. The van der Waals surface area contributed by atoms with Crippen molar-refractivity contribution in [3.05, 3.63) is 23.8 Å². The molecule has 0 saturated carbocycles. The second-order valence-electron chi connectivity index (χ2n) is 4.35. The topological polar surface area (TPSA) is 56.5 Å².